The van der Waals surface area contributed by atoms with Gasteiger partial charge in [-0.3, -0.25) is 4.79 Å². The lowest BCUT2D eigenvalue weighted by Gasteiger charge is -2.11. The molecule has 2 N–H and O–H groups in total. The number of benzene rings is 1. The Morgan fingerprint density at radius 2 is 2.09 bits per heavy atom. The van der Waals surface area contributed by atoms with Gasteiger partial charge in [0.1, 0.15) is 12.4 Å². The lowest BCUT2D eigenvalue weighted by Crippen LogP contribution is -2.33. The maximum absolute atomic E-state index is 11.8. The maximum Gasteiger partial charge on any atom is 0.226 e. The number of unbranched alkanes of at least 4 members (excludes halogenated alkanes) is 4. The van der Waals surface area contributed by atoms with E-state index in [9.17, 15) is 4.79 Å². The largest absolute Gasteiger partial charge is 0.489 e. The van der Waals surface area contributed by atoms with Gasteiger partial charge in [0.25, 0.3) is 0 Å². The molecule has 4 nitrogen and oxygen atoms in total. The van der Waals surface area contributed by atoms with Crippen LogP contribution in [0.25, 0.3) is 0 Å². The average molecular weight is 334 g/mol. The van der Waals surface area contributed by atoms with Crippen molar-refractivity contribution in [1.82, 2.24) is 5.32 Å². The van der Waals surface area contributed by atoms with Crippen LogP contribution >= 0.6 is 12.2 Å². The molecule has 0 spiro atoms. The van der Waals surface area contributed by atoms with Crippen molar-refractivity contribution in [2.75, 3.05) is 11.9 Å². The fourth-order valence-corrected chi connectivity index (χ4v) is 2.29. The number of carbonyl (C=O) groups is 1. The van der Waals surface area contributed by atoms with Crippen molar-refractivity contribution in [1.29, 1.82) is 0 Å². The fraction of sp³-hybridized carbons (Fsp3) is 0.444. The lowest BCUT2D eigenvalue weighted by molar-refractivity contribution is -0.119. The minimum Gasteiger partial charge on any atom is -0.489 e. The van der Waals surface area contributed by atoms with Crippen molar-refractivity contribution in [3.63, 3.8) is 0 Å². The third-order valence-corrected chi connectivity index (χ3v) is 3.42. The van der Waals surface area contributed by atoms with Crippen LogP contribution in [0.15, 0.2) is 36.9 Å². The topological polar surface area (TPSA) is 50.4 Å². The highest BCUT2D eigenvalue weighted by atomic mass is 32.1. The summed E-state index contributed by atoms with van der Waals surface area (Å²) in [6, 6.07) is 7.40. The molecule has 1 amide bonds. The van der Waals surface area contributed by atoms with Crippen molar-refractivity contribution in [3.05, 3.63) is 36.9 Å². The number of thiocarbonyl (C=S) groups is 1. The first kappa shape index (κ1) is 19.2. The summed E-state index contributed by atoms with van der Waals surface area (Å²) in [6.07, 6.45) is 7.80. The quantitative estimate of drug-likeness (QED) is 0.378. The van der Waals surface area contributed by atoms with Gasteiger partial charge in [0.2, 0.25) is 5.91 Å². The molecule has 0 saturated heterocycles. The first-order valence-electron chi connectivity index (χ1n) is 8.10. The second kappa shape index (κ2) is 11.7. The number of anilines is 1. The van der Waals surface area contributed by atoms with E-state index < -0.39 is 0 Å². The molecule has 1 rings (SSSR count). The van der Waals surface area contributed by atoms with Gasteiger partial charge in [-0.2, -0.15) is 0 Å². The number of hydrogen-bond donors (Lipinski definition) is 2. The number of carbonyl (C=O) groups excluding carboxylic acids is 1. The van der Waals surface area contributed by atoms with Crippen LogP contribution in [0.2, 0.25) is 0 Å². The summed E-state index contributed by atoms with van der Waals surface area (Å²) in [4.78, 5) is 11.8. The van der Waals surface area contributed by atoms with Gasteiger partial charge in [0, 0.05) is 18.2 Å². The van der Waals surface area contributed by atoms with Gasteiger partial charge >= 0.3 is 0 Å². The fourth-order valence-electron chi connectivity index (χ4n) is 2.06. The second-order valence-electron chi connectivity index (χ2n) is 5.29. The minimum absolute atomic E-state index is 0.0435. The number of rotatable bonds is 10. The van der Waals surface area contributed by atoms with Crippen molar-refractivity contribution < 1.29 is 9.53 Å². The molecule has 0 fully saturated rings. The second-order valence-corrected chi connectivity index (χ2v) is 5.70. The molecule has 1 aromatic carbocycles. The van der Waals surface area contributed by atoms with Crippen LogP contribution in [0, 0.1) is 0 Å². The maximum atomic E-state index is 11.8. The normalized spacial score (nSPS) is 9.96. The van der Waals surface area contributed by atoms with Crippen LogP contribution in [0.4, 0.5) is 5.69 Å². The third-order valence-electron chi connectivity index (χ3n) is 3.22. The zero-order chi connectivity index (χ0) is 16.9. The van der Waals surface area contributed by atoms with E-state index in [4.69, 9.17) is 17.0 Å². The van der Waals surface area contributed by atoms with Gasteiger partial charge in [-0.25, -0.2) is 0 Å². The molecule has 23 heavy (non-hydrogen) atoms. The van der Waals surface area contributed by atoms with E-state index in [0.29, 0.717) is 18.1 Å². The van der Waals surface area contributed by atoms with Crippen molar-refractivity contribution >= 4 is 28.9 Å². The van der Waals surface area contributed by atoms with E-state index in [1.165, 1.54) is 19.3 Å². The predicted octanol–water partition coefficient (Wildman–Crippen LogP) is 4.42. The van der Waals surface area contributed by atoms with Crippen LogP contribution in [0.5, 0.6) is 5.75 Å². The summed E-state index contributed by atoms with van der Waals surface area (Å²) in [7, 11) is 0. The molecule has 5 heteroatoms. The average Bonchev–Trinajstić information content (AvgIpc) is 2.53. The Bertz CT molecular complexity index is 517. The van der Waals surface area contributed by atoms with Crippen molar-refractivity contribution in [3.8, 4) is 5.75 Å². The molecular formula is C18H26N2O2S. The zero-order valence-electron chi connectivity index (χ0n) is 13.8. The Morgan fingerprint density at radius 3 is 2.83 bits per heavy atom. The number of hydrogen-bond acceptors (Lipinski definition) is 3. The van der Waals surface area contributed by atoms with Crippen LogP contribution in [-0.2, 0) is 4.79 Å². The van der Waals surface area contributed by atoms with Crippen LogP contribution < -0.4 is 15.4 Å². The summed E-state index contributed by atoms with van der Waals surface area (Å²) in [5, 5.41) is 6.01. The smallest absolute Gasteiger partial charge is 0.226 e. The molecule has 0 bridgehead atoms. The van der Waals surface area contributed by atoms with E-state index in [1.807, 2.05) is 24.3 Å². The Morgan fingerprint density at radius 1 is 1.30 bits per heavy atom. The third kappa shape index (κ3) is 8.98. The standard InChI is InChI=1S/C18H26N2O2S/c1-3-5-6-7-8-12-17(21)20-18(23)19-15-10-9-11-16(14-15)22-13-4-2/h4,9-11,14H,2-3,5-8,12-13H2,1H3,(H2,19,20,21,23). The molecule has 0 saturated carbocycles. The summed E-state index contributed by atoms with van der Waals surface area (Å²) in [5.41, 5.74) is 0.778. The molecule has 1 aromatic rings. The highest BCUT2D eigenvalue weighted by Gasteiger charge is 2.05. The van der Waals surface area contributed by atoms with Crippen molar-refractivity contribution in [2.45, 2.75) is 45.4 Å². The van der Waals surface area contributed by atoms with E-state index in [0.717, 1.165) is 24.3 Å². The molecule has 0 heterocycles. The summed E-state index contributed by atoms with van der Waals surface area (Å²) < 4.78 is 5.46. The molecule has 0 atom stereocenters. The highest BCUT2D eigenvalue weighted by molar-refractivity contribution is 7.80. The van der Waals surface area contributed by atoms with Gasteiger partial charge < -0.3 is 15.4 Å². The molecule has 0 radical (unpaired) electrons. The van der Waals surface area contributed by atoms with Crippen molar-refractivity contribution in [2.24, 2.45) is 0 Å². The number of amides is 1. The van der Waals surface area contributed by atoms with Crippen LogP contribution in [-0.4, -0.2) is 17.6 Å². The van der Waals surface area contributed by atoms with Crippen LogP contribution in [0.3, 0.4) is 0 Å². The van der Waals surface area contributed by atoms with Gasteiger partial charge in [-0.15, -0.1) is 0 Å². The Labute approximate surface area is 144 Å². The van der Waals surface area contributed by atoms with Gasteiger partial charge in [0.15, 0.2) is 5.11 Å². The summed E-state index contributed by atoms with van der Waals surface area (Å²) >= 11 is 5.16. The van der Waals surface area contributed by atoms with Gasteiger partial charge in [0.05, 0.1) is 0 Å². The summed E-state index contributed by atoms with van der Waals surface area (Å²) in [5.74, 6) is 0.679. The molecular weight excluding hydrogens is 308 g/mol. The minimum atomic E-state index is -0.0435. The summed E-state index contributed by atoms with van der Waals surface area (Å²) in [6.45, 7) is 6.23. The van der Waals surface area contributed by atoms with E-state index in [1.54, 1.807) is 6.08 Å². The van der Waals surface area contributed by atoms with E-state index in [2.05, 4.69) is 24.1 Å². The first-order chi connectivity index (χ1) is 11.2. The Hall–Kier alpha value is -1.88. The highest BCUT2D eigenvalue weighted by Crippen LogP contribution is 2.17. The van der Waals surface area contributed by atoms with Crippen LogP contribution in [0.1, 0.15) is 45.4 Å². The molecule has 0 aromatic heterocycles. The van der Waals surface area contributed by atoms with Gasteiger partial charge in [-0.05, 0) is 30.8 Å². The predicted molar refractivity (Wildman–Crippen MR) is 99.9 cm³/mol. The number of nitrogens with one attached hydrogen (secondary N) is 2. The Balaban J connectivity index is 2.32. The molecule has 0 aliphatic carbocycles. The monoisotopic (exact) mass is 334 g/mol. The lowest BCUT2D eigenvalue weighted by atomic mass is 10.1. The number of ether oxygens (including phenoxy) is 1. The SMILES string of the molecule is C=CCOc1cccc(NC(=S)NC(=O)CCCCCCC)c1. The molecule has 0 aliphatic rings. The molecule has 0 aliphatic heterocycles. The Kier molecular flexibility index (Phi) is 9.71. The molecule has 0 unspecified atom stereocenters. The first-order valence-corrected chi connectivity index (χ1v) is 8.51. The molecule has 126 valence electrons. The zero-order valence-corrected chi connectivity index (χ0v) is 14.6. The van der Waals surface area contributed by atoms with E-state index in [-0.39, 0.29) is 5.91 Å². The van der Waals surface area contributed by atoms with E-state index >= 15 is 0 Å². The van der Waals surface area contributed by atoms with Gasteiger partial charge in [-0.1, -0.05) is 51.3 Å².